The standard InChI is InChI=1S/C30H27N4O5P3/c31-40(35-26-16-6-1-7-17-26)32-41(36-27-18-8-2-9-19-27,37-28-20-10-3-11-21-28)34-42(33-40,38-29-22-12-4-13-23-29)39-30-24-14-5-15-25-30/h1-25H,31H2. The first-order chi connectivity index (χ1) is 20.5. The van der Waals surface area contributed by atoms with E-state index in [9.17, 15) is 0 Å². The molecule has 9 nitrogen and oxygen atoms in total. The van der Waals surface area contributed by atoms with Crippen LogP contribution in [0.15, 0.2) is 165 Å². The van der Waals surface area contributed by atoms with Gasteiger partial charge < -0.3 is 22.6 Å². The van der Waals surface area contributed by atoms with Crippen molar-refractivity contribution in [3.8, 4) is 28.7 Å². The fourth-order valence-electron chi connectivity index (χ4n) is 3.85. The first-order valence-electron chi connectivity index (χ1n) is 12.9. The number of hydrogen-bond acceptors (Lipinski definition) is 9. The minimum absolute atomic E-state index is 0.470. The van der Waals surface area contributed by atoms with E-state index in [1.807, 2.05) is 91.0 Å². The van der Waals surface area contributed by atoms with Crippen molar-refractivity contribution in [2.75, 3.05) is 0 Å². The van der Waals surface area contributed by atoms with Crippen LogP contribution in [0.1, 0.15) is 0 Å². The first kappa shape index (κ1) is 27.9. The molecule has 0 aromatic heterocycles. The Hall–Kier alpha value is -4.25. The fourth-order valence-corrected chi connectivity index (χ4v) is 12.5. The molecule has 0 fully saturated rings. The summed E-state index contributed by atoms with van der Waals surface area (Å²) < 4.78 is 47.3. The van der Waals surface area contributed by atoms with E-state index in [2.05, 4.69) is 0 Å². The lowest BCUT2D eigenvalue weighted by Gasteiger charge is -2.32. The summed E-state index contributed by atoms with van der Waals surface area (Å²) in [6.45, 7) is 0. The lowest BCUT2D eigenvalue weighted by molar-refractivity contribution is 0.457. The summed E-state index contributed by atoms with van der Waals surface area (Å²) in [5.74, 6) is 2.36. The van der Waals surface area contributed by atoms with Gasteiger partial charge in [-0.05, 0) is 60.7 Å². The second kappa shape index (κ2) is 12.3. The largest absolute Gasteiger partial charge is 0.459 e. The SMILES string of the molecule is NP1(Oc2ccccc2)=NP(Oc2ccccc2)(Oc2ccccc2)=NP(Oc2ccccc2)(Oc2ccccc2)=N1. The molecular formula is C30H27N4O5P3. The van der Waals surface area contributed by atoms with Crippen LogP contribution in [0.2, 0.25) is 0 Å². The zero-order valence-corrected chi connectivity index (χ0v) is 24.9. The molecule has 0 saturated heterocycles. The second-order valence-corrected chi connectivity index (χ2v) is 15.1. The van der Waals surface area contributed by atoms with Gasteiger partial charge in [0, 0.05) is 0 Å². The van der Waals surface area contributed by atoms with Gasteiger partial charge in [0.15, 0.2) is 0 Å². The van der Waals surface area contributed by atoms with Crippen molar-refractivity contribution in [3.05, 3.63) is 152 Å². The Kier molecular flexibility index (Phi) is 8.18. The summed E-state index contributed by atoms with van der Waals surface area (Å²) in [6, 6.07) is 45.7. The Bertz CT molecular complexity index is 1620. The Morgan fingerprint density at radius 2 is 0.595 bits per heavy atom. The van der Waals surface area contributed by atoms with E-state index in [1.165, 1.54) is 0 Å². The van der Waals surface area contributed by atoms with Crippen LogP contribution < -0.4 is 28.1 Å². The third kappa shape index (κ3) is 6.96. The number of nitrogens with two attached hydrogens (primary N) is 1. The molecule has 5 aromatic carbocycles. The van der Waals surface area contributed by atoms with Gasteiger partial charge in [-0.25, -0.2) is 5.50 Å². The van der Waals surface area contributed by atoms with Gasteiger partial charge in [0.1, 0.15) is 28.7 Å². The Morgan fingerprint density at radius 1 is 0.333 bits per heavy atom. The van der Waals surface area contributed by atoms with Gasteiger partial charge >= 0.3 is 22.9 Å². The molecule has 0 spiro atoms. The van der Waals surface area contributed by atoms with Crippen molar-refractivity contribution < 1.29 is 22.6 Å². The zero-order chi connectivity index (χ0) is 28.7. The van der Waals surface area contributed by atoms with Gasteiger partial charge in [-0.1, -0.05) is 95.5 Å². The summed E-state index contributed by atoms with van der Waals surface area (Å²) in [5, 5.41) is 0. The topological polar surface area (TPSA) is 109 Å². The molecule has 212 valence electrons. The number of benzene rings is 5. The Labute approximate surface area is 244 Å². The molecule has 0 aliphatic carbocycles. The van der Waals surface area contributed by atoms with Crippen LogP contribution in [-0.2, 0) is 0 Å². The summed E-state index contributed by atoms with van der Waals surface area (Å²) in [6.07, 6.45) is 0. The Balaban J connectivity index is 1.61. The maximum Gasteiger partial charge on any atom is 0.459 e. The van der Waals surface area contributed by atoms with E-state index >= 15 is 0 Å². The number of hydrogen-bond donors (Lipinski definition) is 1. The summed E-state index contributed by atoms with van der Waals surface area (Å²) >= 11 is 0. The lowest BCUT2D eigenvalue weighted by Crippen LogP contribution is -2.11. The van der Waals surface area contributed by atoms with Crippen LogP contribution in [0.5, 0.6) is 28.7 Å². The summed E-state index contributed by atoms with van der Waals surface area (Å²) in [4.78, 5) is 0. The van der Waals surface area contributed by atoms with Gasteiger partial charge in [-0.3, -0.25) is 0 Å². The molecule has 0 bridgehead atoms. The van der Waals surface area contributed by atoms with E-state index in [0.29, 0.717) is 28.7 Å². The molecule has 1 aliphatic rings. The minimum atomic E-state index is -3.73. The third-order valence-electron chi connectivity index (χ3n) is 5.56. The molecule has 5 aromatic rings. The normalized spacial score (nSPS) is 18.2. The van der Waals surface area contributed by atoms with Crippen molar-refractivity contribution in [3.63, 3.8) is 0 Å². The van der Waals surface area contributed by atoms with Crippen LogP contribution in [0.3, 0.4) is 0 Å². The predicted octanol–water partition coefficient (Wildman–Crippen LogP) is 10.2. The fraction of sp³-hybridized carbons (Fsp3) is 0. The van der Waals surface area contributed by atoms with E-state index in [1.54, 1.807) is 60.7 Å². The van der Waals surface area contributed by atoms with E-state index in [0.717, 1.165) is 0 Å². The van der Waals surface area contributed by atoms with Crippen molar-refractivity contribution in [2.24, 2.45) is 19.1 Å². The highest BCUT2D eigenvalue weighted by molar-refractivity contribution is 7.79. The molecular weight excluding hydrogens is 589 g/mol. The van der Waals surface area contributed by atoms with Gasteiger partial charge in [-0.2, -0.15) is 0 Å². The highest BCUT2D eigenvalue weighted by Gasteiger charge is 2.45. The molecule has 0 saturated carbocycles. The van der Waals surface area contributed by atoms with Crippen LogP contribution >= 0.6 is 22.9 Å². The molecule has 12 heteroatoms. The van der Waals surface area contributed by atoms with Crippen LogP contribution in [0.4, 0.5) is 0 Å². The quantitative estimate of drug-likeness (QED) is 0.156. The minimum Gasteiger partial charge on any atom is -0.431 e. The van der Waals surface area contributed by atoms with Crippen molar-refractivity contribution >= 4 is 22.9 Å². The average molecular weight is 616 g/mol. The van der Waals surface area contributed by atoms with E-state index in [-0.39, 0.29) is 0 Å². The maximum atomic E-state index is 6.99. The highest BCUT2D eigenvalue weighted by atomic mass is 31.3. The molecule has 1 aliphatic heterocycles. The van der Waals surface area contributed by atoms with Crippen molar-refractivity contribution in [1.29, 1.82) is 0 Å². The third-order valence-corrected chi connectivity index (χ3v) is 13.5. The monoisotopic (exact) mass is 616 g/mol. The molecule has 1 heterocycles. The second-order valence-electron chi connectivity index (χ2n) is 8.86. The van der Waals surface area contributed by atoms with Crippen molar-refractivity contribution in [2.45, 2.75) is 0 Å². The molecule has 0 radical (unpaired) electrons. The van der Waals surface area contributed by atoms with Gasteiger partial charge in [0.05, 0.1) is 0 Å². The van der Waals surface area contributed by atoms with Gasteiger partial charge in [0.2, 0.25) is 0 Å². The number of nitrogens with zero attached hydrogens (tertiary/aromatic N) is 3. The van der Waals surface area contributed by atoms with Crippen LogP contribution in [0, 0.1) is 0 Å². The molecule has 42 heavy (non-hydrogen) atoms. The summed E-state index contributed by atoms with van der Waals surface area (Å²) in [7, 11) is -11.1. The van der Waals surface area contributed by atoms with E-state index in [4.69, 9.17) is 41.7 Å². The molecule has 0 amide bonds. The molecule has 1 atom stereocenters. The molecule has 1 unspecified atom stereocenters. The Morgan fingerprint density at radius 3 is 0.905 bits per heavy atom. The maximum absolute atomic E-state index is 6.99. The van der Waals surface area contributed by atoms with Crippen molar-refractivity contribution in [1.82, 2.24) is 0 Å². The van der Waals surface area contributed by atoms with Gasteiger partial charge in [-0.15, -0.1) is 9.03 Å². The zero-order valence-electron chi connectivity index (χ0n) is 22.2. The van der Waals surface area contributed by atoms with Crippen LogP contribution in [-0.4, -0.2) is 0 Å². The highest BCUT2D eigenvalue weighted by Crippen LogP contribution is 2.76. The summed E-state index contributed by atoms with van der Waals surface area (Å²) in [5.41, 5.74) is 6.99. The van der Waals surface area contributed by atoms with E-state index < -0.39 is 22.9 Å². The van der Waals surface area contributed by atoms with Crippen LogP contribution in [0.25, 0.3) is 0 Å². The first-order valence-corrected chi connectivity index (χ1v) is 17.7. The lowest BCUT2D eigenvalue weighted by atomic mass is 10.3. The molecule has 2 N–H and O–H groups in total. The molecule has 6 rings (SSSR count). The van der Waals surface area contributed by atoms with Gasteiger partial charge in [0.25, 0.3) is 0 Å². The number of para-hydroxylation sites is 5. The predicted molar refractivity (Wildman–Crippen MR) is 168 cm³/mol. The smallest absolute Gasteiger partial charge is 0.431 e. The average Bonchev–Trinajstić information content (AvgIpc) is 2.99. The number of rotatable bonds is 10.